The highest BCUT2D eigenvalue weighted by atomic mass is 16.7. The molecule has 7 N–H and O–H groups in total. The second-order valence-corrected chi connectivity index (χ2v) is 5.18. The van der Waals surface area contributed by atoms with Gasteiger partial charge in [0.1, 0.15) is 18.3 Å². The predicted octanol–water partition coefficient (Wildman–Crippen LogP) is -3.25. The van der Waals surface area contributed by atoms with Crippen molar-refractivity contribution in [2.75, 3.05) is 13.7 Å². The molecule has 0 unspecified atom stereocenters. The Bertz CT molecular complexity index is 420. The normalized spacial score (nSPS) is 34.7. The lowest BCUT2D eigenvalue weighted by atomic mass is 9.87. The maximum atomic E-state index is 11.4. The number of nitrogens with one attached hydrogen (secondary N) is 1. The number of carboxylic acids is 1. The summed E-state index contributed by atoms with van der Waals surface area (Å²) < 4.78 is 10.2. The number of aliphatic hydroxyl groups is 3. The number of amides is 1. The second-order valence-electron chi connectivity index (χ2n) is 5.18. The van der Waals surface area contributed by atoms with Crippen LogP contribution in [0.15, 0.2) is 0 Å². The van der Waals surface area contributed by atoms with Gasteiger partial charge < -0.3 is 41.0 Å². The molecule has 0 radical (unpaired) electrons. The number of methoxy groups -OCH3 is 1. The van der Waals surface area contributed by atoms with Crippen molar-refractivity contribution in [2.24, 2.45) is 5.73 Å². The number of aliphatic hydroxyl groups excluding tert-OH is 3. The first kappa shape index (κ1) is 18.7. The molecule has 0 aliphatic carbocycles. The number of aliphatic carboxylic acids is 1. The van der Waals surface area contributed by atoms with E-state index < -0.39 is 54.7 Å². The molecular formula is C12H22N2O8. The molecule has 0 saturated carbocycles. The van der Waals surface area contributed by atoms with E-state index in [-0.39, 0.29) is 6.42 Å². The minimum Gasteiger partial charge on any atom is -0.477 e. The molecule has 10 nitrogen and oxygen atoms in total. The molecule has 6 atom stereocenters. The van der Waals surface area contributed by atoms with Crippen molar-refractivity contribution in [3.63, 3.8) is 0 Å². The molecule has 0 bridgehead atoms. The van der Waals surface area contributed by atoms with Crippen molar-refractivity contribution in [1.82, 2.24) is 5.32 Å². The Hall–Kier alpha value is -1.30. The molecule has 0 spiro atoms. The van der Waals surface area contributed by atoms with Gasteiger partial charge in [-0.25, -0.2) is 4.79 Å². The van der Waals surface area contributed by atoms with Crippen LogP contribution in [0.4, 0.5) is 0 Å². The molecule has 0 aromatic rings. The zero-order valence-corrected chi connectivity index (χ0v) is 12.3. The Morgan fingerprint density at radius 3 is 2.50 bits per heavy atom. The number of nitrogens with two attached hydrogens (primary N) is 1. The van der Waals surface area contributed by atoms with E-state index in [4.69, 9.17) is 20.3 Å². The van der Waals surface area contributed by atoms with Crippen molar-refractivity contribution >= 4 is 11.9 Å². The average Bonchev–Trinajstić information content (AvgIpc) is 2.46. The quantitative estimate of drug-likeness (QED) is 0.294. The lowest BCUT2D eigenvalue weighted by Crippen LogP contribution is -2.69. The number of rotatable bonds is 6. The Kier molecular flexibility index (Phi) is 6.23. The van der Waals surface area contributed by atoms with E-state index in [1.165, 1.54) is 6.92 Å². The van der Waals surface area contributed by atoms with Gasteiger partial charge in [-0.3, -0.25) is 4.79 Å². The Morgan fingerprint density at radius 2 is 2.09 bits per heavy atom. The number of carbonyl (C=O) groups excluding carboxylic acids is 1. The van der Waals surface area contributed by atoms with Crippen LogP contribution in [0, 0.1) is 0 Å². The van der Waals surface area contributed by atoms with Gasteiger partial charge in [-0.2, -0.15) is 0 Å². The average molecular weight is 322 g/mol. The van der Waals surface area contributed by atoms with Gasteiger partial charge in [0.25, 0.3) is 5.79 Å². The highest BCUT2D eigenvalue weighted by Gasteiger charge is 2.54. The molecule has 1 fully saturated rings. The van der Waals surface area contributed by atoms with Gasteiger partial charge in [-0.05, 0) is 0 Å². The monoisotopic (exact) mass is 322 g/mol. The third-order valence-electron chi connectivity index (χ3n) is 3.59. The second kappa shape index (κ2) is 7.31. The summed E-state index contributed by atoms with van der Waals surface area (Å²) in [6.07, 6.45) is -4.94. The van der Waals surface area contributed by atoms with Crippen LogP contribution in [0.5, 0.6) is 0 Å². The van der Waals surface area contributed by atoms with Crippen molar-refractivity contribution in [3.05, 3.63) is 0 Å². The van der Waals surface area contributed by atoms with Gasteiger partial charge in [0, 0.05) is 26.5 Å². The smallest absolute Gasteiger partial charge is 0.364 e. The van der Waals surface area contributed by atoms with Crippen molar-refractivity contribution in [3.8, 4) is 0 Å². The van der Waals surface area contributed by atoms with Gasteiger partial charge in [-0.15, -0.1) is 0 Å². The van der Waals surface area contributed by atoms with Crippen LogP contribution in [0.25, 0.3) is 0 Å². The predicted molar refractivity (Wildman–Crippen MR) is 71.5 cm³/mol. The van der Waals surface area contributed by atoms with Gasteiger partial charge in [-0.1, -0.05) is 0 Å². The zero-order valence-electron chi connectivity index (χ0n) is 12.3. The Labute approximate surface area is 126 Å². The molecule has 128 valence electrons. The van der Waals surface area contributed by atoms with E-state index in [0.29, 0.717) is 0 Å². The van der Waals surface area contributed by atoms with Crippen molar-refractivity contribution < 1.29 is 39.5 Å². The van der Waals surface area contributed by atoms with Gasteiger partial charge >= 0.3 is 5.97 Å². The Balaban J connectivity index is 3.14. The lowest BCUT2D eigenvalue weighted by molar-refractivity contribution is -0.291. The maximum absolute atomic E-state index is 11.4. The Morgan fingerprint density at radius 1 is 1.50 bits per heavy atom. The molecular weight excluding hydrogens is 300 g/mol. The molecule has 0 aromatic carbocycles. The van der Waals surface area contributed by atoms with E-state index >= 15 is 0 Å². The summed E-state index contributed by atoms with van der Waals surface area (Å²) in [7, 11) is 1.10. The van der Waals surface area contributed by atoms with Gasteiger partial charge in [0.05, 0.1) is 12.6 Å². The third-order valence-corrected chi connectivity index (χ3v) is 3.59. The first-order valence-corrected chi connectivity index (χ1v) is 6.64. The summed E-state index contributed by atoms with van der Waals surface area (Å²) in [4.78, 5) is 22.7. The number of ether oxygens (including phenoxy) is 2. The topological polar surface area (TPSA) is 172 Å². The summed E-state index contributed by atoms with van der Waals surface area (Å²) >= 11 is 0. The van der Waals surface area contributed by atoms with E-state index in [2.05, 4.69) is 5.32 Å². The SMILES string of the molecule is CO[C@]1(C(=O)O)C[C@H](N)[C@@H](NC(C)=O)[C@H]([C@H](O)[C@H](O)CO)O1. The summed E-state index contributed by atoms with van der Waals surface area (Å²) in [5, 5.41) is 40.3. The molecule has 22 heavy (non-hydrogen) atoms. The van der Waals surface area contributed by atoms with Crippen LogP contribution in [0.2, 0.25) is 0 Å². The fraction of sp³-hybridized carbons (Fsp3) is 0.833. The van der Waals surface area contributed by atoms with Crippen LogP contribution in [-0.2, 0) is 19.1 Å². The zero-order chi connectivity index (χ0) is 17.1. The molecule has 10 heteroatoms. The molecule has 1 rings (SSSR count). The largest absolute Gasteiger partial charge is 0.477 e. The third kappa shape index (κ3) is 3.72. The number of carbonyl (C=O) groups is 2. The van der Waals surface area contributed by atoms with Crippen LogP contribution in [0.1, 0.15) is 13.3 Å². The highest BCUT2D eigenvalue weighted by molar-refractivity contribution is 5.76. The fourth-order valence-electron chi connectivity index (χ4n) is 2.41. The maximum Gasteiger partial charge on any atom is 0.364 e. The summed E-state index contributed by atoms with van der Waals surface area (Å²) in [6, 6.07) is -1.88. The molecule has 0 aromatic heterocycles. The van der Waals surface area contributed by atoms with E-state index in [1.54, 1.807) is 0 Å². The summed E-state index contributed by atoms with van der Waals surface area (Å²) in [6.45, 7) is 0.435. The first-order chi connectivity index (χ1) is 10.2. The molecule has 1 aliphatic heterocycles. The molecule has 1 heterocycles. The molecule has 1 saturated heterocycles. The molecule has 1 aliphatic rings. The van der Waals surface area contributed by atoms with E-state index in [9.17, 15) is 24.9 Å². The van der Waals surface area contributed by atoms with Crippen LogP contribution >= 0.6 is 0 Å². The van der Waals surface area contributed by atoms with E-state index in [1.807, 2.05) is 0 Å². The standard InChI is InChI=1S/C12H22N2O8/c1-5(16)14-8-6(13)3-12(21-2,11(19)20)22-10(8)9(18)7(17)4-15/h6-10,15,17-18H,3-4,13H2,1-2H3,(H,14,16)(H,19,20)/t6-,7+,8+,9+,10+,12+/m0/s1. The lowest BCUT2D eigenvalue weighted by Gasteiger charge is -2.46. The number of carboxylic acid groups (broad SMARTS) is 1. The van der Waals surface area contributed by atoms with Crippen molar-refractivity contribution in [1.29, 1.82) is 0 Å². The minimum atomic E-state index is -2.12. The van der Waals surface area contributed by atoms with Gasteiger partial charge in [0.2, 0.25) is 5.91 Å². The minimum absolute atomic E-state index is 0.276. The number of hydrogen-bond donors (Lipinski definition) is 6. The van der Waals surface area contributed by atoms with Crippen LogP contribution < -0.4 is 11.1 Å². The van der Waals surface area contributed by atoms with Crippen LogP contribution in [-0.4, -0.2) is 82.2 Å². The van der Waals surface area contributed by atoms with Crippen LogP contribution in [0.3, 0.4) is 0 Å². The highest BCUT2D eigenvalue weighted by Crippen LogP contribution is 2.32. The number of hydrogen-bond acceptors (Lipinski definition) is 8. The molecule has 1 amide bonds. The summed E-state index contributed by atoms with van der Waals surface area (Å²) in [5.41, 5.74) is 5.89. The van der Waals surface area contributed by atoms with Crippen molar-refractivity contribution in [2.45, 2.75) is 49.5 Å². The first-order valence-electron chi connectivity index (χ1n) is 6.64. The summed E-state index contributed by atoms with van der Waals surface area (Å²) in [5.74, 6) is -4.04. The van der Waals surface area contributed by atoms with E-state index in [0.717, 1.165) is 7.11 Å². The van der Waals surface area contributed by atoms with Gasteiger partial charge in [0.15, 0.2) is 0 Å². The fourth-order valence-corrected chi connectivity index (χ4v) is 2.41.